The van der Waals surface area contributed by atoms with Gasteiger partial charge in [-0.3, -0.25) is 0 Å². The molecule has 0 aliphatic carbocycles. The van der Waals surface area contributed by atoms with Gasteiger partial charge in [0.05, 0.1) is 13.2 Å². The van der Waals surface area contributed by atoms with Crippen LogP contribution in [0.5, 0.6) is 11.5 Å². The van der Waals surface area contributed by atoms with Crippen molar-refractivity contribution in [2.45, 2.75) is 91.4 Å². The summed E-state index contributed by atoms with van der Waals surface area (Å²) in [6, 6.07) is 12.9. The molecule has 0 spiro atoms. The van der Waals surface area contributed by atoms with Crippen LogP contribution in [0.25, 0.3) is 11.1 Å². The minimum Gasteiger partial charge on any atom is -0.494 e. The molecule has 2 rings (SSSR count). The fourth-order valence-electron chi connectivity index (χ4n) is 3.80. The largest absolute Gasteiger partial charge is 0.494 e. The molecule has 0 saturated heterocycles. The van der Waals surface area contributed by atoms with Gasteiger partial charge in [0.1, 0.15) is 17.3 Å². The van der Waals surface area contributed by atoms with Gasteiger partial charge in [-0.2, -0.15) is 0 Å². The fraction of sp³-hybridized carbons (Fsp3) is 0.586. The molecule has 178 valence electrons. The number of halogens is 1. The number of hydrogen-bond acceptors (Lipinski definition) is 2. The van der Waals surface area contributed by atoms with Crippen molar-refractivity contribution in [1.82, 2.24) is 0 Å². The van der Waals surface area contributed by atoms with Crippen molar-refractivity contribution in [2.75, 3.05) is 13.2 Å². The Morgan fingerprint density at radius 2 is 1.31 bits per heavy atom. The van der Waals surface area contributed by atoms with Crippen molar-refractivity contribution in [2.24, 2.45) is 5.92 Å². The molecule has 0 aliphatic rings. The van der Waals surface area contributed by atoms with E-state index in [1.54, 1.807) is 6.07 Å². The minimum atomic E-state index is -0.253. The molecule has 0 fully saturated rings. The van der Waals surface area contributed by atoms with Crippen LogP contribution in [0.15, 0.2) is 42.5 Å². The Labute approximate surface area is 195 Å². The van der Waals surface area contributed by atoms with E-state index < -0.39 is 0 Å². The second kappa shape index (κ2) is 15.7. The maximum atomic E-state index is 14.6. The summed E-state index contributed by atoms with van der Waals surface area (Å²) in [5.41, 5.74) is 1.44. The molecule has 2 aromatic carbocycles. The van der Waals surface area contributed by atoms with Crippen LogP contribution in [0.1, 0.15) is 91.4 Å². The van der Waals surface area contributed by atoms with Gasteiger partial charge in [0.15, 0.2) is 0 Å². The van der Waals surface area contributed by atoms with E-state index in [2.05, 4.69) is 20.8 Å². The summed E-state index contributed by atoms with van der Waals surface area (Å²) in [6.07, 6.45) is 13.7. The molecule has 1 atom stereocenters. The number of ether oxygens (including phenoxy) is 2. The van der Waals surface area contributed by atoms with E-state index in [1.165, 1.54) is 57.4 Å². The van der Waals surface area contributed by atoms with Crippen molar-refractivity contribution in [3.63, 3.8) is 0 Å². The van der Waals surface area contributed by atoms with E-state index in [9.17, 15) is 4.39 Å². The Morgan fingerprint density at radius 3 is 1.97 bits per heavy atom. The zero-order chi connectivity index (χ0) is 23.0. The van der Waals surface area contributed by atoms with E-state index >= 15 is 0 Å². The Balaban J connectivity index is 1.71. The summed E-state index contributed by atoms with van der Waals surface area (Å²) >= 11 is 0. The minimum absolute atomic E-state index is 0.253. The lowest BCUT2D eigenvalue weighted by molar-refractivity contribution is 0.292. The van der Waals surface area contributed by atoms with Crippen LogP contribution in [0, 0.1) is 11.7 Å². The third-order valence-corrected chi connectivity index (χ3v) is 6.18. The first-order chi connectivity index (χ1) is 15.6. The summed E-state index contributed by atoms with van der Waals surface area (Å²) in [5.74, 6) is 1.90. The average molecular weight is 443 g/mol. The first-order valence-electron chi connectivity index (χ1n) is 12.8. The van der Waals surface area contributed by atoms with Gasteiger partial charge < -0.3 is 9.47 Å². The number of benzene rings is 2. The third kappa shape index (κ3) is 10.1. The van der Waals surface area contributed by atoms with Gasteiger partial charge >= 0.3 is 0 Å². The second-order valence-corrected chi connectivity index (χ2v) is 8.99. The first kappa shape index (κ1) is 26.2. The van der Waals surface area contributed by atoms with E-state index in [-0.39, 0.29) is 5.82 Å². The van der Waals surface area contributed by atoms with Crippen molar-refractivity contribution in [3.8, 4) is 22.6 Å². The summed E-state index contributed by atoms with van der Waals surface area (Å²) < 4.78 is 26.2. The maximum absolute atomic E-state index is 14.6. The van der Waals surface area contributed by atoms with Gasteiger partial charge in [-0.1, -0.05) is 84.3 Å². The topological polar surface area (TPSA) is 18.5 Å². The highest BCUT2D eigenvalue weighted by Gasteiger charge is 2.08. The van der Waals surface area contributed by atoms with Crippen molar-refractivity contribution in [3.05, 3.63) is 48.3 Å². The van der Waals surface area contributed by atoms with Gasteiger partial charge in [-0.15, -0.1) is 0 Å². The Bertz CT molecular complexity index is 741. The summed E-state index contributed by atoms with van der Waals surface area (Å²) in [4.78, 5) is 0. The zero-order valence-corrected chi connectivity index (χ0v) is 20.5. The normalized spacial score (nSPS) is 12.0. The molecule has 0 aliphatic heterocycles. The fourth-order valence-corrected chi connectivity index (χ4v) is 3.80. The standard InChI is InChI=1S/C29H43FO2/c1-4-6-7-8-9-10-11-12-21-31-26-17-15-25(16-18-26)28-20-19-27(23-29(28)30)32-22-13-14-24(3)5-2/h15-20,23-24H,4-14,21-22H2,1-3H3/t24-/m0/s1. The molecule has 0 amide bonds. The molecule has 0 N–H and O–H groups in total. The van der Waals surface area contributed by atoms with Gasteiger partial charge in [0, 0.05) is 11.6 Å². The van der Waals surface area contributed by atoms with E-state index in [4.69, 9.17) is 9.47 Å². The van der Waals surface area contributed by atoms with E-state index in [1.807, 2.05) is 30.3 Å². The monoisotopic (exact) mass is 442 g/mol. The van der Waals surface area contributed by atoms with Crippen molar-refractivity contribution < 1.29 is 13.9 Å². The maximum Gasteiger partial charge on any atom is 0.134 e. The summed E-state index contributed by atoms with van der Waals surface area (Å²) in [5, 5.41) is 0. The SMILES string of the molecule is CCCCCCCCCCOc1ccc(-c2ccc(OCCC[C@@H](C)CC)cc2F)cc1. The Hall–Kier alpha value is -2.03. The molecule has 2 nitrogen and oxygen atoms in total. The molecule has 0 unspecified atom stereocenters. The predicted molar refractivity (Wildman–Crippen MR) is 134 cm³/mol. The predicted octanol–water partition coefficient (Wildman–Crippen LogP) is 9.22. The summed E-state index contributed by atoms with van der Waals surface area (Å²) in [7, 11) is 0. The number of unbranched alkanes of at least 4 members (excludes halogenated alkanes) is 7. The van der Waals surface area contributed by atoms with Gasteiger partial charge in [-0.05, 0) is 55.0 Å². The second-order valence-electron chi connectivity index (χ2n) is 8.99. The Kier molecular flexibility index (Phi) is 12.9. The van der Waals surface area contributed by atoms with Gasteiger partial charge in [0.2, 0.25) is 0 Å². The molecule has 0 heterocycles. The van der Waals surface area contributed by atoms with Crippen LogP contribution < -0.4 is 9.47 Å². The molecule has 32 heavy (non-hydrogen) atoms. The zero-order valence-electron chi connectivity index (χ0n) is 20.5. The number of hydrogen-bond donors (Lipinski definition) is 0. The lowest BCUT2D eigenvalue weighted by Crippen LogP contribution is -2.01. The molecule has 3 heteroatoms. The van der Waals surface area contributed by atoms with Crippen LogP contribution in [0.3, 0.4) is 0 Å². The van der Waals surface area contributed by atoms with Crippen molar-refractivity contribution >= 4 is 0 Å². The first-order valence-corrected chi connectivity index (χ1v) is 12.8. The average Bonchev–Trinajstić information content (AvgIpc) is 2.81. The highest BCUT2D eigenvalue weighted by Crippen LogP contribution is 2.28. The molecule has 0 bridgehead atoms. The number of rotatable bonds is 17. The molecular formula is C29H43FO2. The molecule has 0 aromatic heterocycles. The Morgan fingerprint density at radius 1 is 0.719 bits per heavy atom. The molecular weight excluding hydrogens is 399 g/mol. The lowest BCUT2D eigenvalue weighted by atomic mass is 10.0. The summed E-state index contributed by atoms with van der Waals surface area (Å²) in [6.45, 7) is 8.08. The molecule has 2 aromatic rings. The van der Waals surface area contributed by atoms with Crippen LogP contribution in [-0.4, -0.2) is 13.2 Å². The van der Waals surface area contributed by atoms with Crippen LogP contribution >= 0.6 is 0 Å². The lowest BCUT2D eigenvalue weighted by Gasteiger charge is -2.11. The highest BCUT2D eigenvalue weighted by atomic mass is 19.1. The van der Waals surface area contributed by atoms with E-state index in [0.717, 1.165) is 37.2 Å². The quantitative estimate of drug-likeness (QED) is 0.227. The van der Waals surface area contributed by atoms with Crippen LogP contribution in [-0.2, 0) is 0 Å². The van der Waals surface area contributed by atoms with E-state index in [0.29, 0.717) is 23.8 Å². The van der Waals surface area contributed by atoms with Crippen molar-refractivity contribution in [1.29, 1.82) is 0 Å². The van der Waals surface area contributed by atoms with Crippen LogP contribution in [0.2, 0.25) is 0 Å². The molecule has 0 radical (unpaired) electrons. The highest BCUT2D eigenvalue weighted by molar-refractivity contribution is 5.65. The third-order valence-electron chi connectivity index (χ3n) is 6.18. The smallest absolute Gasteiger partial charge is 0.134 e. The van der Waals surface area contributed by atoms with Crippen LogP contribution in [0.4, 0.5) is 4.39 Å². The van der Waals surface area contributed by atoms with Gasteiger partial charge in [-0.25, -0.2) is 4.39 Å². The van der Waals surface area contributed by atoms with Gasteiger partial charge in [0.25, 0.3) is 0 Å². The molecule has 0 saturated carbocycles.